The largest absolute Gasteiger partial charge is 0.481 e. The molecular weight excluding hydrogens is 374 g/mol. The van der Waals surface area contributed by atoms with Crippen LogP contribution in [0.25, 0.3) is 11.1 Å². The van der Waals surface area contributed by atoms with Gasteiger partial charge in [0, 0.05) is 20.1 Å². The summed E-state index contributed by atoms with van der Waals surface area (Å²) in [7, 11) is 2.87. The topological polar surface area (TPSA) is 94.1 Å². The van der Waals surface area contributed by atoms with Crippen LogP contribution in [-0.2, 0) is 19.0 Å². The van der Waals surface area contributed by atoms with E-state index in [1.54, 1.807) is 0 Å². The molecule has 3 rings (SSSR count). The lowest BCUT2D eigenvalue weighted by molar-refractivity contribution is -0.140. The Morgan fingerprint density at radius 2 is 1.48 bits per heavy atom. The van der Waals surface area contributed by atoms with Gasteiger partial charge in [0.15, 0.2) is 0 Å². The second-order valence-electron chi connectivity index (χ2n) is 7.17. The molecule has 1 aliphatic rings. The summed E-state index contributed by atoms with van der Waals surface area (Å²) >= 11 is 0. The fraction of sp³-hybridized carbons (Fsp3) is 0.364. The number of carbonyl (C=O) groups is 2. The molecule has 0 unspecified atom stereocenters. The van der Waals surface area contributed by atoms with Crippen LogP contribution in [0.4, 0.5) is 4.79 Å². The van der Waals surface area contributed by atoms with Crippen molar-refractivity contribution in [2.45, 2.75) is 17.9 Å². The van der Waals surface area contributed by atoms with Crippen LogP contribution in [-0.4, -0.2) is 56.7 Å². The van der Waals surface area contributed by atoms with E-state index in [2.05, 4.69) is 17.4 Å². The Morgan fingerprint density at radius 3 is 1.97 bits per heavy atom. The highest BCUT2D eigenvalue weighted by atomic mass is 16.6. The molecular formula is C22H25NO6. The summed E-state index contributed by atoms with van der Waals surface area (Å²) in [6.07, 6.45) is -1.05. The second-order valence-corrected chi connectivity index (χ2v) is 7.17. The maximum absolute atomic E-state index is 12.5. The van der Waals surface area contributed by atoms with Gasteiger partial charge in [0.1, 0.15) is 12.1 Å². The lowest BCUT2D eigenvalue weighted by Crippen LogP contribution is -2.56. The van der Waals surface area contributed by atoms with Crippen molar-refractivity contribution in [3.05, 3.63) is 59.7 Å². The average molecular weight is 399 g/mol. The summed E-state index contributed by atoms with van der Waals surface area (Å²) in [6.45, 7) is 0.109. The van der Waals surface area contributed by atoms with E-state index < -0.39 is 17.6 Å². The maximum atomic E-state index is 12.5. The molecule has 0 heterocycles. The number of hydrogen-bond acceptors (Lipinski definition) is 5. The van der Waals surface area contributed by atoms with E-state index in [1.165, 1.54) is 14.2 Å². The number of methoxy groups -OCH3 is 2. The Balaban J connectivity index is 1.74. The molecule has 0 radical (unpaired) electrons. The van der Waals surface area contributed by atoms with Crippen molar-refractivity contribution in [3.63, 3.8) is 0 Å². The first-order valence-electron chi connectivity index (χ1n) is 9.32. The first-order chi connectivity index (χ1) is 14.0. The summed E-state index contributed by atoms with van der Waals surface area (Å²) in [6, 6.07) is 16.1. The average Bonchev–Trinajstić information content (AvgIpc) is 3.00. The third-order valence-electron chi connectivity index (χ3n) is 5.04. The first kappa shape index (κ1) is 20.8. The lowest BCUT2D eigenvalue weighted by atomic mass is 9.97. The molecule has 0 saturated carbocycles. The number of hydrogen-bond donors (Lipinski definition) is 2. The third kappa shape index (κ3) is 4.58. The highest BCUT2D eigenvalue weighted by molar-refractivity contribution is 5.79. The van der Waals surface area contributed by atoms with Crippen molar-refractivity contribution in [2.24, 2.45) is 0 Å². The van der Waals surface area contributed by atoms with Crippen LogP contribution in [0.3, 0.4) is 0 Å². The van der Waals surface area contributed by atoms with Crippen LogP contribution in [0.1, 0.15) is 23.5 Å². The SMILES string of the molecule is COCC(COC)(CC(=O)O)NC(=O)OCC1c2ccccc2-c2ccccc21. The molecule has 2 aromatic carbocycles. The zero-order valence-electron chi connectivity index (χ0n) is 16.5. The molecule has 0 spiro atoms. The Morgan fingerprint density at radius 1 is 0.966 bits per heavy atom. The quantitative estimate of drug-likeness (QED) is 0.673. The minimum atomic E-state index is -1.21. The molecule has 1 amide bonds. The van der Waals surface area contributed by atoms with Crippen LogP contribution in [0, 0.1) is 0 Å². The van der Waals surface area contributed by atoms with Crippen LogP contribution >= 0.6 is 0 Å². The van der Waals surface area contributed by atoms with Gasteiger partial charge in [-0.2, -0.15) is 0 Å². The van der Waals surface area contributed by atoms with Gasteiger partial charge >= 0.3 is 12.1 Å². The Bertz CT molecular complexity index is 830. The highest BCUT2D eigenvalue weighted by Crippen LogP contribution is 2.44. The van der Waals surface area contributed by atoms with E-state index in [4.69, 9.17) is 14.2 Å². The van der Waals surface area contributed by atoms with E-state index in [1.807, 2.05) is 36.4 Å². The van der Waals surface area contributed by atoms with Gasteiger partial charge in [-0.25, -0.2) is 4.79 Å². The number of nitrogens with one attached hydrogen (secondary N) is 1. The number of rotatable bonds is 9. The second kappa shape index (κ2) is 9.07. The zero-order chi connectivity index (χ0) is 20.9. The van der Waals surface area contributed by atoms with E-state index in [0.29, 0.717) is 0 Å². The summed E-state index contributed by atoms with van der Waals surface area (Å²) in [5, 5.41) is 11.9. The molecule has 0 atom stereocenters. The number of fused-ring (bicyclic) bond motifs is 3. The lowest BCUT2D eigenvalue weighted by Gasteiger charge is -2.31. The van der Waals surface area contributed by atoms with E-state index in [-0.39, 0.29) is 32.2 Å². The third-order valence-corrected chi connectivity index (χ3v) is 5.04. The molecule has 7 heteroatoms. The molecule has 1 aliphatic carbocycles. The highest BCUT2D eigenvalue weighted by Gasteiger charge is 2.36. The summed E-state index contributed by atoms with van der Waals surface area (Å²) in [5.74, 6) is -1.15. The standard InChI is InChI=1S/C22H25NO6/c1-27-13-22(14-28-2,11-20(24)25)23-21(26)29-12-19-17-9-5-3-7-15(17)16-8-4-6-10-18(16)19/h3-10,19H,11-14H2,1-2H3,(H,23,26)(H,24,25). The first-order valence-corrected chi connectivity index (χ1v) is 9.32. The Kier molecular flexibility index (Phi) is 6.51. The Hall–Kier alpha value is -2.90. The van der Waals surface area contributed by atoms with E-state index >= 15 is 0 Å². The molecule has 2 N–H and O–H groups in total. The summed E-state index contributed by atoms with van der Waals surface area (Å²) < 4.78 is 15.8. The Labute approximate surface area is 169 Å². The van der Waals surface area contributed by atoms with Gasteiger partial charge in [-0.1, -0.05) is 48.5 Å². The number of ether oxygens (including phenoxy) is 3. The normalized spacial score (nSPS) is 12.9. The molecule has 2 aromatic rings. The minimum absolute atomic E-state index is 0.0165. The zero-order valence-corrected chi connectivity index (χ0v) is 16.5. The van der Waals surface area contributed by atoms with Crippen molar-refractivity contribution in [1.29, 1.82) is 0 Å². The van der Waals surface area contributed by atoms with Crippen molar-refractivity contribution in [2.75, 3.05) is 34.0 Å². The van der Waals surface area contributed by atoms with E-state index in [0.717, 1.165) is 22.3 Å². The van der Waals surface area contributed by atoms with Gasteiger partial charge < -0.3 is 24.6 Å². The van der Waals surface area contributed by atoms with Crippen molar-refractivity contribution < 1.29 is 28.9 Å². The van der Waals surface area contributed by atoms with Crippen molar-refractivity contribution >= 4 is 12.1 Å². The minimum Gasteiger partial charge on any atom is -0.481 e. The number of carboxylic acids is 1. The van der Waals surface area contributed by atoms with Crippen LogP contribution < -0.4 is 5.32 Å². The fourth-order valence-corrected chi connectivity index (χ4v) is 3.95. The van der Waals surface area contributed by atoms with Crippen LogP contribution in [0.15, 0.2) is 48.5 Å². The molecule has 7 nitrogen and oxygen atoms in total. The molecule has 0 saturated heterocycles. The van der Waals surface area contributed by atoms with Gasteiger partial charge in [0.25, 0.3) is 0 Å². The molecule has 154 valence electrons. The maximum Gasteiger partial charge on any atom is 0.407 e. The summed E-state index contributed by atoms with van der Waals surface area (Å²) in [4.78, 5) is 23.8. The van der Waals surface area contributed by atoms with Crippen LogP contribution in [0.5, 0.6) is 0 Å². The number of benzene rings is 2. The van der Waals surface area contributed by atoms with Gasteiger partial charge in [-0.15, -0.1) is 0 Å². The van der Waals surface area contributed by atoms with Crippen molar-refractivity contribution in [3.8, 4) is 11.1 Å². The number of amides is 1. The molecule has 0 fully saturated rings. The number of aliphatic carboxylic acids is 1. The predicted molar refractivity (Wildman–Crippen MR) is 107 cm³/mol. The van der Waals surface area contributed by atoms with Crippen LogP contribution in [0.2, 0.25) is 0 Å². The number of carbonyl (C=O) groups excluding carboxylic acids is 1. The van der Waals surface area contributed by atoms with Gasteiger partial charge in [0.2, 0.25) is 0 Å². The predicted octanol–water partition coefficient (Wildman–Crippen LogP) is 3.03. The number of alkyl carbamates (subject to hydrolysis) is 1. The van der Waals surface area contributed by atoms with Crippen molar-refractivity contribution in [1.82, 2.24) is 5.32 Å². The smallest absolute Gasteiger partial charge is 0.407 e. The van der Waals surface area contributed by atoms with Gasteiger partial charge in [0.05, 0.1) is 19.6 Å². The van der Waals surface area contributed by atoms with E-state index in [9.17, 15) is 14.7 Å². The molecule has 0 bridgehead atoms. The number of carboxylic acid groups (broad SMARTS) is 1. The monoisotopic (exact) mass is 399 g/mol. The fourth-order valence-electron chi connectivity index (χ4n) is 3.95. The van der Waals surface area contributed by atoms with Gasteiger partial charge in [-0.05, 0) is 22.3 Å². The summed E-state index contributed by atoms with van der Waals surface area (Å²) in [5.41, 5.74) is 3.27. The molecule has 29 heavy (non-hydrogen) atoms. The molecule has 0 aromatic heterocycles. The van der Waals surface area contributed by atoms with Gasteiger partial charge in [-0.3, -0.25) is 4.79 Å². The molecule has 0 aliphatic heterocycles.